The summed E-state index contributed by atoms with van der Waals surface area (Å²) in [5.41, 5.74) is 3.97. The number of terminal acetylenes is 1. The van der Waals surface area contributed by atoms with Crippen molar-refractivity contribution in [2.75, 3.05) is 0 Å². The standard InChI is InChI=1S/C17H10Cl2/c1-3-4-5-6-7-8-9-15-11-16(12-18)14(2)10-17(15)13-19/h1,10-11H,12-13H2,2H3. The molecule has 0 bridgehead atoms. The SMILES string of the molecule is C#CC#CC#CC#Cc1cc(CCl)c(C)cc1CCl. The van der Waals surface area contributed by atoms with Crippen LogP contribution in [0.2, 0.25) is 0 Å². The summed E-state index contributed by atoms with van der Waals surface area (Å²) in [5.74, 6) is 18.7. The first-order chi connectivity index (χ1) is 9.22. The van der Waals surface area contributed by atoms with Crippen molar-refractivity contribution in [3.63, 3.8) is 0 Å². The predicted octanol–water partition coefficient (Wildman–Crippen LogP) is 3.46. The van der Waals surface area contributed by atoms with Crippen LogP contribution in [0.5, 0.6) is 0 Å². The molecule has 0 atom stereocenters. The minimum atomic E-state index is 0.401. The number of rotatable bonds is 2. The number of hydrogen-bond acceptors (Lipinski definition) is 0. The van der Waals surface area contributed by atoms with Gasteiger partial charge in [-0.05, 0) is 65.2 Å². The topological polar surface area (TPSA) is 0 Å². The van der Waals surface area contributed by atoms with E-state index in [2.05, 4.69) is 41.4 Å². The van der Waals surface area contributed by atoms with E-state index in [0.717, 1.165) is 22.3 Å². The Morgan fingerprint density at radius 2 is 1.58 bits per heavy atom. The van der Waals surface area contributed by atoms with Crippen LogP contribution in [0.3, 0.4) is 0 Å². The third-order valence-electron chi connectivity index (χ3n) is 2.37. The summed E-state index contributed by atoms with van der Waals surface area (Å²) in [6.45, 7) is 2.00. The Kier molecular flexibility index (Phi) is 6.51. The first-order valence-electron chi connectivity index (χ1n) is 5.44. The maximum absolute atomic E-state index is 5.90. The normalized spacial score (nSPS) is 7.89. The Morgan fingerprint density at radius 3 is 2.21 bits per heavy atom. The zero-order valence-corrected chi connectivity index (χ0v) is 11.9. The van der Waals surface area contributed by atoms with Crippen molar-refractivity contribution in [1.82, 2.24) is 0 Å². The van der Waals surface area contributed by atoms with Gasteiger partial charge in [0.1, 0.15) is 0 Å². The van der Waals surface area contributed by atoms with Gasteiger partial charge in [-0.3, -0.25) is 0 Å². The molecular formula is C17H10Cl2. The van der Waals surface area contributed by atoms with Crippen molar-refractivity contribution >= 4 is 23.2 Å². The van der Waals surface area contributed by atoms with Gasteiger partial charge in [0.05, 0.1) is 0 Å². The van der Waals surface area contributed by atoms with Gasteiger partial charge in [-0.2, -0.15) is 0 Å². The van der Waals surface area contributed by atoms with Crippen LogP contribution in [-0.2, 0) is 11.8 Å². The fourth-order valence-electron chi connectivity index (χ4n) is 1.41. The third kappa shape index (κ3) is 4.66. The summed E-state index contributed by atoms with van der Waals surface area (Å²) >= 11 is 11.8. The molecule has 1 aromatic carbocycles. The zero-order chi connectivity index (χ0) is 14.1. The molecule has 0 aliphatic rings. The summed E-state index contributed by atoms with van der Waals surface area (Å²) in [6.07, 6.45) is 4.96. The van der Waals surface area contributed by atoms with Gasteiger partial charge in [0, 0.05) is 17.3 Å². The summed E-state index contributed by atoms with van der Waals surface area (Å²) in [4.78, 5) is 0. The molecule has 0 radical (unpaired) electrons. The highest BCUT2D eigenvalue weighted by Crippen LogP contribution is 2.19. The fourth-order valence-corrected chi connectivity index (χ4v) is 1.92. The summed E-state index contributed by atoms with van der Waals surface area (Å²) in [5, 5.41) is 0. The average molecular weight is 285 g/mol. The van der Waals surface area contributed by atoms with Crippen LogP contribution in [0.1, 0.15) is 22.3 Å². The quantitative estimate of drug-likeness (QED) is 0.576. The maximum atomic E-state index is 5.90. The van der Waals surface area contributed by atoms with E-state index in [4.69, 9.17) is 29.6 Å². The van der Waals surface area contributed by atoms with Crippen molar-refractivity contribution in [1.29, 1.82) is 0 Å². The van der Waals surface area contributed by atoms with Crippen molar-refractivity contribution in [3.05, 3.63) is 34.4 Å². The van der Waals surface area contributed by atoms with Gasteiger partial charge in [0.15, 0.2) is 0 Å². The molecule has 0 nitrogen and oxygen atoms in total. The monoisotopic (exact) mass is 284 g/mol. The van der Waals surface area contributed by atoms with E-state index >= 15 is 0 Å². The van der Waals surface area contributed by atoms with Gasteiger partial charge in [-0.15, -0.1) is 29.6 Å². The van der Waals surface area contributed by atoms with E-state index in [1.807, 2.05) is 19.1 Å². The molecular weight excluding hydrogens is 275 g/mol. The molecule has 0 aliphatic carbocycles. The molecule has 19 heavy (non-hydrogen) atoms. The molecule has 1 rings (SSSR count). The van der Waals surface area contributed by atoms with Crippen LogP contribution < -0.4 is 0 Å². The number of benzene rings is 1. The maximum Gasteiger partial charge on any atom is 0.0486 e. The van der Waals surface area contributed by atoms with Crippen LogP contribution in [0.25, 0.3) is 0 Å². The lowest BCUT2D eigenvalue weighted by Gasteiger charge is -2.07. The van der Waals surface area contributed by atoms with Crippen LogP contribution in [0.15, 0.2) is 12.1 Å². The molecule has 1 aromatic rings. The Balaban J connectivity index is 3.09. The highest BCUT2D eigenvalue weighted by Gasteiger charge is 2.04. The third-order valence-corrected chi connectivity index (χ3v) is 2.94. The highest BCUT2D eigenvalue weighted by atomic mass is 35.5. The Hall–Kier alpha value is -1.96. The minimum absolute atomic E-state index is 0.401. The molecule has 0 aliphatic heterocycles. The molecule has 0 unspecified atom stereocenters. The van der Waals surface area contributed by atoms with E-state index in [-0.39, 0.29) is 0 Å². The Bertz CT molecular complexity index is 687. The highest BCUT2D eigenvalue weighted by molar-refractivity contribution is 6.17. The lowest BCUT2D eigenvalue weighted by Crippen LogP contribution is -1.93. The van der Waals surface area contributed by atoms with Gasteiger partial charge in [0.25, 0.3) is 0 Å². The second-order valence-corrected chi connectivity index (χ2v) is 4.13. The van der Waals surface area contributed by atoms with Crippen molar-refractivity contribution in [3.8, 4) is 47.9 Å². The number of hydrogen-bond donors (Lipinski definition) is 0. The van der Waals surface area contributed by atoms with Gasteiger partial charge < -0.3 is 0 Å². The molecule has 2 heteroatoms. The fraction of sp³-hybridized carbons (Fsp3) is 0.176. The molecule has 0 spiro atoms. The molecule has 0 N–H and O–H groups in total. The van der Waals surface area contributed by atoms with Gasteiger partial charge >= 0.3 is 0 Å². The van der Waals surface area contributed by atoms with Crippen molar-refractivity contribution in [2.45, 2.75) is 18.7 Å². The Labute approximate surface area is 124 Å². The van der Waals surface area contributed by atoms with Crippen molar-refractivity contribution < 1.29 is 0 Å². The van der Waals surface area contributed by atoms with E-state index in [1.165, 1.54) is 0 Å². The molecule has 92 valence electrons. The van der Waals surface area contributed by atoms with Crippen LogP contribution in [0.4, 0.5) is 0 Å². The van der Waals surface area contributed by atoms with Gasteiger partial charge in [0.2, 0.25) is 0 Å². The van der Waals surface area contributed by atoms with Crippen LogP contribution in [0, 0.1) is 54.8 Å². The molecule has 0 fully saturated rings. The molecule has 0 amide bonds. The second kappa shape index (κ2) is 8.20. The van der Waals surface area contributed by atoms with Gasteiger partial charge in [-0.25, -0.2) is 0 Å². The summed E-state index contributed by atoms with van der Waals surface area (Å²) < 4.78 is 0. The predicted molar refractivity (Wildman–Crippen MR) is 81.6 cm³/mol. The zero-order valence-electron chi connectivity index (χ0n) is 10.4. The molecule has 0 saturated heterocycles. The van der Waals surface area contributed by atoms with E-state index < -0.39 is 0 Å². The van der Waals surface area contributed by atoms with E-state index in [0.29, 0.717) is 11.8 Å². The lowest BCUT2D eigenvalue weighted by atomic mass is 10.0. The van der Waals surface area contributed by atoms with Crippen LogP contribution >= 0.6 is 23.2 Å². The average Bonchev–Trinajstić information content (AvgIpc) is 2.43. The van der Waals surface area contributed by atoms with E-state index in [9.17, 15) is 0 Å². The number of alkyl halides is 2. The molecule has 0 heterocycles. The number of halogens is 2. The Morgan fingerprint density at radius 1 is 0.947 bits per heavy atom. The van der Waals surface area contributed by atoms with Crippen LogP contribution in [-0.4, -0.2) is 0 Å². The second-order valence-electron chi connectivity index (χ2n) is 3.60. The minimum Gasteiger partial charge on any atom is -0.122 e. The summed E-state index contributed by atoms with van der Waals surface area (Å²) in [7, 11) is 0. The van der Waals surface area contributed by atoms with Gasteiger partial charge in [-0.1, -0.05) is 12.0 Å². The summed E-state index contributed by atoms with van der Waals surface area (Å²) in [6, 6.07) is 3.95. The van der Waals surface area contributed by atoms with E-state index in [1.54, 1.807) is 0 Å². The smallest absolute Gasteiger partial charge is 0.0486 e. The molecule has 0 aromatic heterocycles. The lowest BCUT2D eigenvalue weighted by molar-refractivity contribution is 1.24. The number of aryl methyl sites for hydroxylation is 1. The first-order valence-corrected chi connectivity index (χ1v) is 6.50. The first kappa shape index (κ1) is 15.1. The largest absolute Gasteiger partial charge is 0.122 e. The molecule has 0 saturated carbocycles. The van der Waals surface area contributed by atoms with Crippen molar-refractivity contribution in [2.24, 2.45) is 0 Å².